The standard InChI is InChI=1S/C29H22N4O3/c1-34-27-10-17(11-28(35-2)29(27)36-3)25-15-24-14-22-7-6-20(31-22)12-18-4-5-19(30-18)13-21-8-9-23(32-21)16-26(25)33-24/h4-16H,1-3H3. The summed E-state index contributed by atoms with van der Waals surface area (Å²) in [7, 11) is 4.80. The zero-order valence-corrected chi connectivity index (χ0v) is 20.0. The third-order valence-electron chi connectivity index (χ3n) is 6.01. The van der Waals surface area contributed by atoms with Crippen molar-refractivity contribution in [2.75, 3.05) is 21.3 Å². The van der Waals surface area contributed by atoms with Gasteiger partial charge in [-0.15, -0.1) is 0 Å². The molecule has 0 spiro atoms. The van der Waals surface area contributed by atoms with E-state index in [1.165, 1.54) is 0 Å². The highest BCUT2D eigenvalue weighted by molar-refractivity contribution is 6.32. The van der Waals surface area contributed by atoms with Crippen molar-refractivity contribution in [3.05, 3.63) is 107 Å². The molecule has 0 unspecified atom stereocenters. The normalized spacial score (nSPS) is 19.0. The molecule has 0 atom stereocenters. The van der Waals surface area contributed by atoms with Crippen LogP contribution in [0, 0.1) is 0 Å². The highest BCUT2D eigenvalue weighted by atomic mass is 16.5. The number of methoxy groups -OCH3 is 3. The first-order valence-electron chi connectivity index (χ1n) is 11.4. The number of fused-ring (bicyclic) bond motifs is 4. The first-order chi connectivity index (χ1) is 17.6. The highest BCUT2D eigenvalue weighted by Crippen LogP contribution is 2.41. The van der Waals surface area contributed by atoms with Crippen molar-refractivity contribution >= 4 is 28.4 Å². The molecule has 0 aromatic heterocycles. The minimum Gasteiger partial charge on any atom is -0.493 e. The molecule has 176 valence electrons. The van der Waals surface area contributed by atoms with Crippen LogP contribution in [0.4, 0.5) is 0 Å². The number of benzene rings is 1. The molecule has 1 aromatic rings. The molecule has 5 aliphatic rings. The number of rotatable bonds is 4. The Labute approximate surface area is 208 Å². The van der Waals surface area contributed by atoms with Crippen LogP contribution in [-0.4, -0.2) is 44.2 Å². The Morgan fingerprint density at radius 2 is 1.00 bits per heavy atom. The van der Waals surface area contributed by atoms with Crippen LogP contribution in [0.2, 0.25) is 0 Å². The van der Waals surface area contributed by atoms with Gasteiger partial charge in [0, 0.05) is 5.57 Å². The number of allylic oxidation sites excluding steroid dienone is 12. The fourth-order valence-corrected chi connectivity index (χ4v) is 4.37. The maximum absolute atomic E-state index is 5.58. The fourth-order valence-electron chi connectivity index (χ4n) is 4.37. The molecule has 0 fully saturated rings. The summed E-state index contributed by atoms with van der Waals surface area (Å²) < 4.78 is 16.7. The molecule has 36 heavy (non-hydrogen) atoms. The molecule has 0 saturated heterocycles. The fraction of sp³-hybridized carbons (Fsp3) is 0.103. The van der Waals surface area contributed by atoms with Gasteiger partial charge >= 0.3 is 0 Å². The van der Waals surface area contributed by atoms with Gasteiger partial charge in [0.25, 0.3) is 0 Å². The van der Waals surface area contributed by atoms with Gasteiger partial charge in [-0.2, -0.15) is 0 Å². The van der Waals surface area contributed by atoms with Crippen molar-refractivity contribution in [2.45, 2.75) is 0 Å². The van der Waals surface area contributed by atoms with E-state index in [1.54, 1.807) is 21.3 Å². The smallest absolute Gasteiger partial charge is 0.203 e. The Bertz CT molecular complexity index is 1540. The van der Waals surface area contributed by atoms with Gasteiger partial charge in [0.05, 0.1) is 67.0 Å². The van der Waals surface area contributed by atoms with Gasteiger partial charge in [-0.25, -0.2) is 20.0 Å². The van der Waals surface area contributed by atoms with Crippen LogP contribution < -0.4 is 14.2 Å². The van der Waals surface area contributed by atoms with Crippen LogP contribution in [0.3, 0.4) is 0 Å². The topological polar surface area (TPSA) is 77.1 Å². The molecule has 0 radical (unpaired) electrons. The van der Waals surface area contributed by atoms with Crippen LogP contribution in [-0.2, 0) is 0 Å². The minimum absolute atomic E-state index is 0.540. The Balaban J connectivity index is 1.50. The number of hydrogen-bond donors (Lipinski definition) is 0. The van der Waals surface area contributed by atoms with Crippen LogP contribution in [0.15, 0.2) is 122 Å². The first kappa shape index (κ1) is 21.7. The van der Waals surface area contributed by atoms with E-state index < -0.39 is 0 Å². The second-order valence-corrected chi connectivity index (χ2v) is 8.36. The Hall–Kier alpha value is -4.78. The summed E-state index contributed by atoms with van der Waals surface area (Å²) in [6.45, 7) is 0. The number of aliphatic imine (C=N–C) groups is 4. The van der Waals surface area contributed by atoms with Gasteiger partial charge in [0.2, 0.25) is 5.75 Å². The lowest BCUT2D eigenvalue weighted by molar-refractivity contribution is 0.324. The van der Waals surface area contributed by atoms with E-state index in [9.17, 15) is 0 Å². The monoisotopic (exact) mass is 474 g/mol. The second kappa shape index (κ2) is 8.78. The summed E-state index contributed by atoms with van der Waals surface area (Å²) in [5, 5.41) is 0. The third-order valence-corrected chi connectivity index (χ3v) is 6.01. The lowest BCUT2D eigenvalue weighted by atomic mass is 9.99. The number of hydrogen-bond acceptors (Lipinski definition) is 7. The van der Waals surface area contributed by atoms with Crippen molar-refractivity contribution in [3.8, 4) is 17.2 Å². The Morgan fingerprint density at radius 3 is 1.50 bits per heavy atom. The van der Waals surface area contributed by atoms with Crippen LogP contribution in [0.25, 0.3) is 5.57 Å². The molecule has 0 N–H and O–H groups in total. The van der Waals surface area contributed by atoms with Crippen LogP contribution in [0.5, 0.6) is 17.2 Å². The van der Waals surface area contributed by atoms with Crippen molar-refractivity contribution in [3.63, 3.8) is 0 Å². The van der Waals surface area contributed by atoms with E-state index >= 15 is 0 Å². The van der Waals surface area contributed by atoms with E-state index in [0.717, 1.165) is 56.8 Å². The molecule has 0 aliphatic carbocycles. The molecule has 0 amide bonds. The average molecular weight is 475 g/mol. The van der Waals surface area contributed by atoms with Gasteiger partial charge in [0.15, 0.2) is 11.5 Å². The van der Waals surface area contributed by atoms with Crippen molar-refractivity contribution in [1.29, 1.82) is 0 Å². The minimum atomic E-state index is 0.540. The lowest BCUT2D eigenvalue weighted by Crippen LogP contribution is -2.00. The van der Waals surface area contributed by atoms with E-state index in [-0.39, 0.29) is 0 Å². The number of ether oxygens (including phenoxy) is 3. The quantitative estimate of drug-likeness (QED) is 0.607. The molecular formula is C29H22N4O3. The van der Waals surface area contributed by atoms with Crippen molar-refractivity contribution in [1.82, 2.24) is 0 Å². The molecule has 6 rings (SSSR count). The summed E-state index contributed by atoms with van der Waals surface area (Å²) in [5.74, 6) is 1.69. The Kier molecular flexibility index (Phi) is 5.30. The SMILES string of the molecule is COc1cc(C2=CC3=CC4=NC(=CC5=NC(=CC6=NC(=CC2=N3)C=C6)C=C5)C=C4)cc(OC)c1OC. The van der Waals surface area contributed by atoms with Crippen molar-refractivity contribution in [2.24, 2.45) is 20.0 Å². The predicted octanol–water partition coefficient (Wildman–Crippen LogP) is 5.13. The second-order valence-electron chi connectivity index (χ2n) is 8.36. The zero-order valence-electron chi connectivity index (χ0n) is 20.0. The summed E-state index contributed by atoms with van der Waals surface area (Å²) in [5.41, 5.74) is 8.37. The van der Waals surface area contributed by atoms with Gasteiger partial charge in [0.1, 0.15) is 0 Å². The van der Waals surface area contributed by atoms with E-state index in [0.29, 0.717) is 17.2 Å². The van der Waals surface area contributed by atoms with Crippen LogP contribution in [0.1, 0.15) is 5.56 Å². The highest BCUT2D eigenvalue weighted by Gasteiger charge is 2.22. The predicted molar refractivity (Wildman–Crippen MR) is 144 cm³/mol. The molecule has 0 saturated carbocycles. The van der Waals surface area contributed by atoms with E-state index in [1.807, 2.05) is 79.0 Å². The molecule has 8 bridgehead atoms. The first-order valence-corrected chi connectivity index (χ1v) is 11.4. The molecule has 5 aliphatic heterocycles. The Morgan fingerprint density at radius 1 is 0.500 bits per heavy atom. The van der Waals surface area contributed by atoms with Gasteiger partial charge in [-0.1, -0.05) is 0 Å². The summed E-state index contributed by atoms with van der Waals surface area (Å²) in [6.07, 6.45) is 21.7. The summed E-state index contributed by atoms with van der Waals surface area (Å²) in [4.78, 5) is 19.0. The number of nitrogens with zero attached hydrogens (tertiary/aromatic N) is 4. The van der Waals surface area contributed by atoms with Crippen LogP contribution >= 0.6 is 0 Å². The largest absolute Gasteiger partial charge is 0.493 e. The van der Waals surface area contributed by atoms with Gasteiger partial charge in [-0.3, -0.25) is 0 Å². The van der Waals surface area contributed by atoms with E-state index in [4.69, 9.17) is 29.2 Å². The molecular weight excluding hydrogens is 452 g/mol. The maximum Gasteiger partial charge on any atom is 0.203 e. The molecule has 1 aromatic carbocycles. The van der Waals surface area contributed by atoms with Gasteiger partial charge < -0.3 is 14.2 Å². The van der Waals surface area contributed by atoms with Crippen molar-refractivity contribution < 1.29 is 14.2 Å². The molecule has 7 nitrogen and oxygen atoms in total. The van der Waals surface area contributed by atoms with E-state index in [2.05, 4.69) is 4.99 Å². The molecule has 5 heterocycles. The lowest BCUT2D eigenvalue weighted by Gasteiger charge is -2.14. The van der Waals surface area contributed by atoms with Gasteiger partial charge in [-0.05, 0) is 84.5 Å². The maximum atomic E-state index is 5.58. The summed E-state index contributed by atoms with van der Waals surface area (Å²) in [6, 6.07) is 3.85. The summed E-state index contributed by atoms with van der Waals surface area (Å²) >= 11 is 0. The molecule has 7 heteroatoms. The third kappa shape index (κ3) is 4.01. The average Bonchev–Trinajstić information content (AvgIpc) is 3.68. The zero-order chi connectivity index (χ0) is 24.6.